The van der Waals surface area contributed by atoms with Crippen molar-refractivity contribution in [3.8, 4) is 5.75 Å². The minimum Gasteiger partial charge on any atom is -0.497 e. The van der Waals surface area contributed by atoms with Gasteiger partial charge in [0.2, 0.25) is 5.91 Å². The lowest BCUT2D eigenvalue weighted by Gasteiger charge is -2.29. The number of rotatable bonds is 5. The maximum absolute atomic E-state index is 12.1. The van der Waals surface area contributed by atoms with E-state index >= 15 is 0 Å². The number of halogens is 1. The maximum atomic E-state index is 12.1. The minimum absolute atomic E-state index is 0.192. The molecule has 3 rings (SSSR count). The Labute approximate surface area is 159 Å². The number of piperidine rings is 1. The zero-order valence-corrected chi connectivity index (χ0v) is 15.6. The van der Waals surface area contributed by atoms with Crippen LogP contribution in [0, 0.1) is 0 Å². The molecule has 0 atom stereocenters. The molecular weight excluding hydrogens is 348 g/mol. The predicted octanol–water partition coefficient (Wildman–Crippen LogP) is 4.99. The number of benzene rings is 2. The van der Waals surface area contributed by atoms with Crippen LogP contribution in [0.1, 0.15) is 24.8 Å². The molecule has 5 heteroatoms. The minimum atomic E-state index is -0.192. The van der Waals surface area contributed by atoms with Crippen molar-refractivity contribution in [1.29, 1.82) is 0 Å². The molecule has 1 aliphatic rings. The third-order valence-electron chi connectivity index (χ3n) is 4.45. The Balaban J connectivity index is 1.61. The number of carbonyl (C=O) groups is 1. The van der Waals surface area contributed by atoms with E-state index in [0.717, 1.165) is 30.1 Å². The Morgan fingerprint density at radius 1 is 1.12 bits per heavy atom. The standard InChI is InChI=1S/C21H23ClN2O2/c1-26-18-9-5-16(6-10-18)7-12-21(25)23-17-8-11-20(19(22)15-17)24-13-3-2-4-14-24/h5-12,15H,2-4,13-14H2,1H3,(H,23,25)/b12-7+. The summed E-state index contributed by atoms with van der Waals surface area (Å²) in [4.78, 5) is 14.4. The lowest BCUT2D eigenvalue weighted by molar-refractivity contribution is -0.111. The predicted molar refractivity (Wildman–Crippen MR) is 108 cm³/mol. The van der Waals surface area contributed by atoms with E-state index in [0.29, 0.717) is 10.7 Å². The van der Waals surface area contributed by atoms with E-state index < -0.39 is 0 Å². The second-order valence-electron chi connectivity index (χ2n) is 6.31. The molecule has 136 valence electrons. The molecular formula is C21H23ClN2O2. The van der Waals surface area contributed by atoms with E-state index in [2.05, 4.69) is 10.2 Å². The molecule has 0 spiro atoms. The van der Waals surface area contributed by atoms with Gasteiger partial charge in [-0.1, -0.05) is 23.7 Å². The highest BCUT2D eigenvalue weighted by Crippen LogP contribution is 2.30. The summed E-state index contributed by atoms with van der Waals surface area (Å²) >= 11 is 6.42. The molecule has 4 nitrogen and oxygen atoms in total. The van der Waals surface area contributed by atoms with Crippen LogP contribution in [-0.4, -0.2) is 26.1 Å². The zero-order chi connectivity index (χ0) is 18.4. The van der Waals surface area contributed by atoms with E-state index in [4.69, 9.17) is 16.3 Å². The van der Waals surface area contributed by atoms with Gasteiger partial charge in [0, 0.05) is 24.9 Å². The average Bonchev–Trinajstić information content (AvgIpc) is 2.67. The number of methoxy groups -OCH3 is 1. The number of nitrogens with zero attached hydrogens (tertiary/aromatic N) is 1. The molecule has 1 N–H and O–H groups in total. The fraction of sp³-hybridized carbons (Fsp3) is 0.286. The molecule has 0 bridgehead atoms. The lowest BCUT2D eigenvalue weighted by Crippen LogP contribution is -2.29. The Bertz CT molecular complexity index is 781. The van der Waals surface area contributed by atoms with Crippen LogP contribution in [0.15, 0.2) is 48.5 Å². The normalized spacial score (nSPS) is 14.5. The summed E-state index contributed by atoms with van der Waals surface area (Å²) < 4.78 is 5.12. The van der Waals surface area contributed by atoms with Crippen molar-refractivity contribution in [3.05, 3.63) is 59.1 Å². The third-order valence-corrected chi connectivity index (χ3v) is 4.76. The number of carbonyl (C=O) groups excluding carboxylic acids is 1. The smallest absolute Gasteiger partial charge is 0.248 e. The highest BCUT2D eigenvalue weighted by molar-refractivity contribution is 6.33. The summed E-state index contributed by atoms with van der Waals surface area (Å²) in [5.74, 6) is 0.595. The molecule has 1 saturated heterocycles. The maximum Gasteiger partial charge on any atom is 0.248 e. The summed E-state index contributed by atoms with van der Waals surface area (Å²) in [6, 6.07) is 13.2. The molecule has 0 aromatic heterocycles. The highest BCUT2D eigenvalue weighted by Gasteiger charge is 2.14. The van der Waals surface area contributed by atoms with Gasteiger partial charge in [0.25, 0.3) is 0 Å². The molecule has 1 aliphatic heterocycles. The van der Waals surface area contributed by atoms with Crippen LogP contribution in [0.4, 0.5) is 11.4 Å². The Hall–Kier alpha value is -2.46. The van der Waals surface area contributed by atoms with Crippen LogP contribution in [-0.2, 0) is 4.79 Å². The molecule has 26 heavy (non-hydrogen) atoms. The van der Waals surface area contributed by atoms with E-state index in [-0.39, 0.29) is 5.91 Å². The van der Waals surface area contributed by atoms with E-state index in [1.165, 1.54) is 25.3 Å². The van der Waals surface area contributed by atoms with E-state index in [9.17, 15) is 4.79 Å². The van der Waals surface area contributed by atoms with Gasteiger partial charge in [-0.2, -0.15) is 0 Å². The largest absolute Gasteiger partial charge is 0.497 e. The van der Waals surface area contributed by atoms with Gasteiger partial charge >= 0.3 is 0 Å². The topological polar surface area (TPSA) is 41.6 Å². The van der Waals surface area contributed by atoms with Gasteiger partial charge in [0.1, 0.15) is 5.75 Å². The van der Waals surface area contributed by atoms with Crippen LogP contribution < -0.4 is 15.0 Å². The number of hydrogen-bond donors (Lipinski definition) is 1. The average molecular weight is 371 g/mol. The number of ether oxygens (including phenoxy) is 1. The molecule has 0 unspecified atom stereocenters. The molecule has 2 aromatic carbocycles. The SMILES string of the molecule is COc1ccc(/C=C/C(=O)Nc2ccc(N3CCCCC3)c(Cl)c2)cc1. The van der Waals surface area contributed by atoms with Gasteiger partial charge < -0.3 is 15.0 Å². The number of hydrogen-bond acceptors (Lipinski definition) is 3. The van der Waals surface area contributed by atoms with Gasteiger partial charge in [-0.15, -0.1) is 0 Å². The summed E-state index contributed by atoms with van der Waals surface area (Å²) in [5, 5.41) is 3.52. The number of anilines is 2. The molecule has 1 heterocycles. The lowest BCUT2D eigenvalue weighted by atomic mass is 10.1. The second kappa shape index (κ2) is 8.77. The van der Waals surface area contributed by atoms with Crippen LogP contribution in [0.2, 0.25) is 5.02 Å². The van der Waals surface area contributed by atoms with Gasteiger partial charge in [-0.25, -0.2) is 0 Å². The van der Waals surface area contributed by atoms with Gasteiger partial charge in [0.15, 0.2) is 0 Å². The molecule has 2 aromatic rings. The first-order valence-corrected chi connectivity index (χ1v) is 9.21. The fourth-order valence-corrected chi connectivity index (χ4v) is 3.35. The van der Waals surface area contributed by atoms with Gasteiger partial charge in [0.05, 0.1) is 17.8 Å². The van der Waals surface area contributed by atoms with Crippen molar-refractivity contribution in [2.75, 3.05) is 30.4 Å². The molecule has 0 saturated carbocycles. The van der Waals surface area contributed by atoms with Crippen LogP contribution >= 0.6 is 11.6 Å². The van der Waals surface area contributed by atoms with Crippen molar-refractivity contribution < 1.29 is 9.53 Å². The molecule has 0 radical (unpaired) electrons. The van der Waals surface area contributed by atoms with Crippen molar-refractivity contribution in [2.24, 2.45) is 0 Å². The van der Waals surface area contributed by atoms with Crippen LogP contribution in [0.5, 0.6) is 5.75 Å². The summed E-state index contributed by atoms with van der Waals surface area (Å²) in [7, 11) is 1.62. The zero-order valence-electron chi connectivity index (χ0n) is 14.9. The summed E-state index contributed by atoms with van der Waals surface area (Å²) in [6.07, 6.45) is 6.95. The molecule has 1 fully saturated rings. The quantitative estimate of drug-likeness (QED) is 0.754. The Morgan fingerprint density at radius 3 is 2.50 bits per heavy atom. The van der Waals surface area contributed by atoms with Crippen LogP contribution in [0.3, 0.4) is 0 Å². The van der Waals surface area contributed by atoms with Crippen molar-refractivity contribution in [2.45, 2.75) is 19.3 Å². The summed E-state index contributed by atoms with van der Waals surface area (Å²) in [6.45, 7) is 2.08. The van der Waals surface area contributed by atoms with Gasteiger partial charge in [-0.3, -0.25) is 4.79 Å². The Morgan fingerprint density at radius 2 is 1.85 bits per heavy atom. The number of amides is 1. The fourth-order valence-electron chi connectivity index (χ4n) is 3.05. The first kappa shape index (κ1) is 18.3. The second-order valence-corrected chi connectivity index (χ2v) is 6.72. The van der Waals surface area contributed by atoms with Crippen molar-refractivity contribution >= 4 is 35.0 Å². The molecule has 0 aliphatic carbocycles. The van der Waals surface area contributed by atoms with Crippen molar-refractivity contribution in [1.82, 2.24) is 0 Å². The number of nitrogens with one attached hydrogen (secondary N) is 1. The first-order chi connectivity index (χ1) is 12.7. The molecule has 1 amide bonds. The monoisotopic (exact) mass is 370 g/mol. The van der Waals surface area contributed by atoms with E-state index in [1.807, 2.05) is 42.5 Å². The summed E-state index contributed by atoms with van der Waals surface area (Å²) in [5.41, 5.74) is 2.66. The van der Waals surface area contributed by atoms with Gasteiger partial charge in [-0.05, 0) is 61.2 Å². The van der Waals surface area contributed by atoms with Crippen molar-refractivity contribution in [3.63, 3.8) is 0 Å². The highest BCUT2D eigenvalue weighted by atomic mass is 35.5. The van der Waals surface area contributed by atoms with E-state index in [1.54, 1.807) is 13.2 Å². The Kier molecular flexibility index (Phi) is 6.18. The third kappa shape index (κ3) is 4.79. The first-order valence-electron chi connectivity index (χ1n) is 8.83. The van der Waals surface area contributed by atoms with Crippen LogP contribution in [0.25, 0.3) is 6.08 Å².